The number of rotatable bonds is 6. The number of nitrogens with zero attached hydrogens (tertiary/aromatic N) is 2. The van der Waals surface area contributed by atoms with Crippen molar-refractivity contribution in [1.82, 2.24) is 14.8 Å². The van der Waals surface area contributed by atoms with E-state index >= 15 is 0 Å². The van der Waals surface area contributed by atoms with E-state index in [9.17, 15) is 0 Å². The molecule has 4 heteroatoms. The Bertz CT molecular complexity index is 917. The zero-order chi connectivity index (χ0) is 19.7. The van der Waals surface area contributed by atoms with Crippen LogP contribution in [0.3, 0.4) is 0 Å². The lowest BCUT2D eigenvalue weighted by Crippen LogP contribution is -2.35. The summed E-state index contributed by atoms with van der Waals surface area (Å²) in [6, 6.07) is 17.1. The number of benzene rings is 1. The maximum absolute atomic E-state index is 6.22. The van der Waals surface area contributed by atoms with Gasteiger partial charge in [-0.15, -0.1) is 0 Å². The Morgan fingerprint density at radius 1 is 1.11 bits per heavy atom. The number of aryl methyl sites for hydroxylation is 1. The van der Waals surface area contributed by atoms with Crippen molar-refractivity contribution < 1.29 is 4.74 Å². The Labute approximate surface area is 167 Å². The maximum Gasteiger partial charge on any atom is 0.159 e. The molecule has 0 saturated heterocycles. The van der Waals surface area contributed by atoms with Gasteiger partial charge in [0.25, 0.3) is 0 Å². The van der Waals surface area contributed by atoms with Gasteiger partial charge in [-0.05, 0) is 49.8 Å². The molecule has 28 heavy (non-hydrogen) atoms. The highest BCUT2D eigenvalue weighted by Gasteiger charge is 2.32. The standard InChI is InChI=1S/C24H31N3O/c1-17-10-12-20(27(17)23-15-22(25-26-23)24(2,3)4)14-19-11-13-21(19)28-16-18-8-6-5-7-9-18/h5-10,12,15,19,21H,11,13-14,16H2,1-4H3,(H,25,26)/t19?,21-/m0/s1. The summed E-state index contributed by atoms with van der Waals surface area (Å²) in [5, 5.41) is 7.82. The van der Waals surface area contributed by atoms with Gasteiger partial charge in [-0.2, -0.15) is 5.10 Å². The lowest BCUT2D eigenvalue weighted by atomic mass is 9.78. The Hall–Kier alpha value is -2.33. The largest absolute Gasteiger partial charge is 0.373 e. The first-order chi connectivity index (χ1) is 13.4. The molecule has 4 nitrogen and oxygen atoms in total. The lowest BCUT2D eigenvalue weighted by Gasteiger charge is -2.36. The number of hydrogen-bond donors (Lipinski definition) is 1. The molecule has 4 rings (SSSR count). The van der Waals surface area contributed by atoms with Crippen LogP contribution in [-0.2, 0) is 23.2 Å². The summed E-state index contributed by atoms with van der Waals surface area (Å²) >= 11 is 0. The van der Waals surface area contributed by atoms with Crippen LogP contribution in [0.4, 0.5) is 0 Å². The van der Waals surface area contributed by atoms with Crippen molar-refractivity contribution in [3.8, 4) is 5.82 Å². The van der Waals surface area contributed by atoms with Crippen LogP contribution in [0.5, 0.6) is 0 Å². The van der Waals surface area contributed by atoms with Crippen molar-refractivity contribution in [2.75, 3.05) is 0 Å². The van der Waals surface area contributed by atoms with Gasteiger partial charge < -0.3 is 9.30 Å². The van der Waals surface area contributed by atoms with E-state index in [1.54, 1.807) is 0 Å². The van der Waals surface area contributed by atoms with E-state index in [2.05, 4.69) is 84.9 Å². The molecule has 0 spiro atoms. The van der Waals surface area contributed by atoms with Gasteiger partial charge in [0, 0.05) is 28.6 Å². The van der Waals surface area contributed by atoms with E-state index in [0.29, 0.717) is 18.6 Å². The van der Waals surface area contributed by atoms with Gasteiger partial charge in [0.1, 0.15) is 0 Å². The van der Waals surface area contributed by atoms with Crippen molar-refractivity contribution in [2.24, 2.45) is 5.92 Å². The van der Waals surface area contributed by atoms with Gasteiger partial charge in [0.15, 0.2) is 5.82 Å². The van der Waals surface area contributed by atoms with Crippen molar-refractivity contribution in [1.29, 1.82) is 0 Å². The first-order valence-electron chi connectivity index (χ1n) is 10.3. The van der Waals surface area contributed by atoms with Gasteiger partial charge >= 0.3 is 0 Å². The third kappa shape index (κ3) is 3.93. The second-order valence-corrected chi connectivity index (χ2v) is 9.07. The van der Waals surface area contributed by atoms with Gasteiger partial charge in [-0.1, -0.05) is 51.1 Å². The van der Waals surface area contributed by atoms with Gasteiger partial charge in [0.2, 0.25) is 0 Å². The molecule has 1 aliphatic carbocycles. The second kappa shape index (κ2) is 7.59. The summed E-state index contributed by atoms with van der Waals surface area (Å²) < 4.78 is 8.51. The van der Waals surface area contributed by atoms with Crippen molar-refractivity contribution in [3.63, 3.8) is 0 Å². The fraction of sp³-hybridized carbons (Fsp3) is 0.458. The molecule has 1 saturated carbocycles. The van der Waals surface area contributed by atoms with E-state index in [4.69, 9.17) is 4.74 Å². The van der Waals surface area contributed by atoms with Crippen LogP contribution in [0.1, 0.15) is 56.3 Å². The van der Waals surface area contributed by atoms with Crippen LogP contribution in [0.25, 0.3) is 5.82 Å². The van der Waals surface area contributed by atoms with Crippen molar-refractivity contribution in [2.45, 2.75) is 65.1 Å². The van der Waals surface area contributed by atoms with Crippen LogP contribution < -0.4 is 0 Å². The van der Waals surface area contributed by atoms with E-state index in [-0.39, 0.29) is 5.41 Å². The summed E-state index contributed by atoms with van der Waals surface area (Å²) in [5.74, 6) is 1.57. The minimum Gasteiger partial charge on any atom is -0.373 e. The minimum absolute atomic E-state index is 0.0663. The first kappa shape index (κ1) is 19.0. The summed E-state index contributed by atoms with van der Waals surface area (Å²) in [5.41, 5.74) is 5.02. The lowest BCUT2D eigenvalue weighted by molar-refractivity contribution is -0.0558. The fourth-order valence-electron chi connectivity index (χ4n) is 3.93. The molecule has 2 heterocycles. The second-order valence-electron chi connectivity index (χ2n) is 9.07. The summed E-state index contributed by atoms with van der Waals surface area (Å²) in [6.45, 7) is 9.47. The average molecular weight is 378 g/mol. The third-order valence-corrected chi connectivity index (χ3v) is 5.88. The van der Waals surface area contributed by atoms with Crippen molar-refractivity contribution in [3.05, 3.63) is 71.2 Å². The Morgan fingerprint density at radius 3 is 2.54 bits per heavy atom. The average Bonchev–Trinajstić information content (AvgIpc) is 3.26. The summed E-state index contributed by atoms with van der Waals surface area (Å²) in [6.07, 6.45) is 3.78. The Kier molecular flexibility index (Phi) is 5.15. The van der Waals surface area contributed by atoms with E-state index < -0.39 is 0 Å². The van der Waals surface area contributed by atoms with Gasteiger partial charge in [0.05, 0.1) is 12.7 Å². The number of aromatic nitrogens is 3. The van der Waals surface area contributed by atoms with Crippen LogP contribution >= 0.6 is 0 Å². The molecule has 2 aromatic heterocycles. The number of nitrogens with one attached hydrogen (secondary N) is 1. The number of hydrogen-bond acceptors (Lipinski definition) is 2. The predicted octanol–water partition coefficient (Wildman–Crippen LogP) is 5.34. The fourth-order valence-corrected chi connectivity index (χ4v) is 3.93. The van der Waals surface area contributed by atoms with Gasteiger partial charge in [-0.25, -0.2) is 0 Å². The number of aromatic amines is 1. The Morgan fingerprint density at radius 2 is 1.89 bits per heavy atom. The monoisotopic (exact) mass is 377 g/mol. The summed E-state index contributed by atoms with van der Waals surface area (Å²) in [7, 11) is 0. The van der Waals surface area contributed by atoms with Crippen LogP contribution in [0, 0.1) is 12.8 Å². The van der Waals surface area contributed by atoms with Crippen molar-refractivity contribution >= 4 is 0 Å². The number of H-pyrrole nitrogens is 1. The molecule has 2 atom stereocenters. The van der Waals surface area contributed by atoms with Crippen LogP contribution in [-0.4, -0.2) is 20.9 Å². The predicted molar refractivity (Wildman–Crippen MR) is 113 cm³/mol. The molecule has 0 amide bonds. The van der Waals surface area contributed by atoms with E-state index in [1.807, 2.05) is 6.07 Å². The topological polar surface area (TPSA) is 42.8 Å². The van der Waals surface area contributed by atoms with Crippen LogP contribution in [0.15, 0.2) is 48.5 Å². The summed E-state index contributed by atoms with van der Waals surface area (Å²) in [4.78, 5) is 0. The highest BCUT2D eigenvalue weighted by molar-refractivity contribution is 5.34. The minimum atomic E-state index is 0.0663. The molecule has 3 aromatic rings. The normalized spacial score (nSPS) is 19.6. The molecule has 1 N–H and O–H groups in total. The first-order valence-corrected chi connectivity index (χ1v) is 10.3. The molecule has 1 aromatic carbocycles. The zero-order valence-electron chi connectivity index (χ0n) is 17.4. The molecular weight excluding hydrogens is 346 g/mol. The van der Waals surface area contributed by atoms with E-state index in [1.165, 1.54) is 23.4 Å². The van der Waals surface area contributed by atoms with E-state index in [0.717, 1.165) is 24.4 Å². The molecular formula is C24H31N3O. The smallest absolute Gasteiger partial charge is 0.159 e. The third-order valence-electron chi connectivity index (χ3n) is 5.88. The molecule has 148 valence electrons. The Balaban J connectivity index is 1.45. The highest BCUT2D eigenvalue weighted by Crippen LogP contribution is 2.35. The maximum atomic E-state index is 6.22. The SMILES string of the molecule is Cc1ccc(CC2CC[C@@H]2OCc2ccccc2)n1-c1cc(C(C)(C)C)[nH]n1. The quantitative estimate of drug-likeness (QED) is 0.630. The molecule has 1 aliphatic rings. The molecule has 1 fully saturated rings. The number of ether oxygens (including phenoxy) is 1. The molecule has 1 unspecified atom stereocenters. The molecule has 0 radical (unpaired) electrons. The molecule has 0 bridgehead atoms. The zero-order valence-corrected chi connectivity index (χ0v) is 17.4. The van der Waals surface area contributed by atoms with Gasteiger partial charge in [-0.3, -0.25) is 5.10 Å². The molecule has 0 aliphatic heterocycles. The van der Waals surface area contributed by atoms with Crippen LogP contribution in [0.2, 0.25) is 0 Å². The highest BCUT2D eigenvalue weighted by atomic mass is 16.5.